The van der Waals surface area contributed by atoms with Crippen LogP contribution in [0.1, 0.15) is 40.7 Å². The molecular weight excluding hydrogens is 636 g/mol. The van der Waals surface area contributed by atoms with Gasteiger partial charge in [0.1, 0.15) is 24.4 Å². The summed E-state index contributed by atoms with van der Waals surface area (Å²) in [7, 11) is 1.54. The lowest BCUT2D eigenvalue weighted by molar-refractivity contribution is -0.145. The normalized spacial score (nSPS) is 20.7. The van der Waals surface area contributed by atoms with Gasteiger partial charge in [0, 0.05) is 37.2 Å². The van der Waals surface area contributed by atoms with E-state index in [-0.39, 0.29) is 49.2 Å². The van der Waals surface area contributed by atoms with Crippen molar-refractivity contribution in [3.8, 4) is 5.75 Å². The highest BCUT2D eigenvalue weighted by atomic mass is 16.5. The number of benzene rings is 3. The third-order valence-corrected chi connectivity index (χ3v) is 9.25. The van der Waals surface area contributed by atoms with E-state index < -0.39 is 35.8 Å². The Balaban J connectivity index is 1.25. The van der Waals surface area contributed by atoms with Crippen molar-refractivity contribution in [2.24, 2.45) is 0 Å². The molecule has 1 saturated heterocycles. The van der Waals surface area contributed by atoms with Crippen molar-refractivity contribution in [3.05, 3.63) is 102 Å². The number of carbonyl (C=O) groups excluding carboxylic acids is 5. The van der Waals surface area contributed by atoms with Crippen LogP contribution in [-0.4, -0.2) is 95.7 Å². The summed E-state index contributed by atoms with van der Waals surface area (Å²) in [4.78, 5) is 74.1. The van der Waals surface area contributed by atoms with Crippen molar-refractivity contribution >= 4 is 40.4 Å². The fourth-order valence-corrected chi connectivity index (χ4v) is 6.68. The molecule has 0 bridgehead atoms. The molecule has 0 unspecified atom stereocenters. The highest BCUT2D eigenvalue weighted by Crippen LogP contribution is 2.23. The zero-order valence-electron chi connectivity index (χ0n) is 28.0. The van der Waals surface area contributed by atoms with Crippen LogP contribution in [0.5, 0.6) is 5.75 Å². The molecule has 0 saturated carbocycles. The van der Waals surface area contributed by atoms with Crippen LogP contribution in [0.3, 0.4) is 0 Å². The van der Waals surface area contributed by atoms with Crippen molar-refractivity contribution in [2.45, 2.75) is 50.2 Å². The van der Waals surface area contributed by atoms with E-state index in [4.69, 9.17) is 4.74 Å². The van der Waals surface area contributed by atoms with Gasteiger partial charge < -0.3 is 35.5 Å². The maximum absolute atomic E-state index is 13.8. The van der Waals surface area contributed by atoms with E-state index >= 15 is 0 Å². The smallest absolute Gasteiger partial charge is 0.255 e. The third-order valence-electron chi connectivity index (χ3n) is 9.25. The molecule has 3 atom stereocenters. The summed E-state index contributed by atoms with van der Waals surface area (Å²) in [5.41, 5.74) is 3.18. The van der Waals surface area contributed by atoms with Crippen LogP contribution in [-0.2, 0) is 32.0 Å². The molecule has 3 heterocycles. The summed E-state index contributed by atoms with van der Waals surface area (Å²) in [5.74, 6) is -2.01. The van der Waals surface area contributed by atoms with E-state index in [2.05, 4.69) is 20.9 Å². The summed E-state index contributed by atoms with van der Waals surface area (Å²) in [6.07, 6.45) is 3.57. The highest BCUT2D eigenvalue weighted by molar-refractivity contribution is 6.01. The van der Waals surface area contributed by atoms with Gasteiger partial charge in [-0.05, 0) is 55.0 Å². The number of rotatable bonds is 6. The number of hydrogen-bond acceptors (Lipinski definition) is 6. The first-order chi connectivity index (χ1) is 24.3. The Kier molecular flexibility index (Phi) is 10.8. The van der Waals surface area contributed by atoms with Crippen LogP contribution >= 0.6 is 0 Å². The van der Waals surface area contributed by atoms with Crippen LogP contribution < -0.4 is 20.7 Å². The maximum atomic E-state index is 13.8. The molecule has 6 rings (SSSR count). The molecule has 0 aliphatic carbocycles. The molecule has 12 nitrogen and oxygen atoms in total. The lowest BCUT2D eigenvalue weighted by atomic mass is 10.1. The molecule has 0 spiro atoms. The Morgan fingerprint density at radius 3 is 2.54 bits per heavy atom. The molecule has 1 aromatic heterocycles. The Hall–Kier alpha value is -5.65. The second kappa shape index (κ2) is 15.7. The van der Waals surface area contributed by atoms with Gasteiger partial charge >= 0.3 is 0 Å². The molecule has 5 amide bonds. The molecule has 2 aliphatic heterocycles. The lowest BCUT2D eigenvalue weighted by Crippen LogP contribution is -2.53. The number of ether oxygens (including phenoxy) is 1. The number of fused-ring (bicyclic) bond motifs is 3. The topological polar surface area (TPSA) is 153 Å². The van der Waals surface area contributed by atoms with Crippen molar-refractivity contribution < 1.29 is 28.7 Å². The SMILES string of the molecule is CN1CC(=O)N[C@H](Cc2ccccc2)COc2ccccc2C(=O)N[C@H](C(=O)NCCc2c[nH]c3ccccc23)CC(=O)N2CCC[C@H]2C1=O. The first-order valence-corrected chi connectivity index (χ1v) is 17.0. The summed E-state index contributed by atoms with van der Waals surface area (Å²) >= 11 is 0. The van der Waals surface area contributed by atoms with E-state index in [0.717, 1.165) is 22.0 Å². The van der Waals surface area contributed by atoms with Crippen molar-refractivity contribution in [2.75, 3.05) is 33.3 Å². The Labute approximate surface area is 290 Å². The second-order valence-electron chi connectivity index (χ2n) is 12.8. The Bertz CT molecular complexity index is 1860. The van der Waals surface area contributed by atoms with Gasteiger partial charge in [0.05, 0.1) is 24.6 Å². The van der Waals surface area contributed by atoms with Gasteiger partial charge in [-0.15, -0.1) is 0 Å². The predicted octanol–water partition coefficient (Wildman–Crippen LogP) is 2.58. The molecule has 4 aromatic rings. The fraction of sp³-hybridized carbons (Fsp3) is 0.342. The molecule has 3 aromatic carbocycles. The molecule has 1 fully saturated rings. The van der Waals surface area contributed by atoms with E-state index in [1.165, 1.54) is 9.80 Å². The zero-order chi connectivity index (χ0) is 35.0. The van der Waals surface area contributed by atoms with Crippen molar-refractivity contribution in [1.29, 1.82) is 0 Å². The first-order valence-electron chi connectivity index (χ1n) is 17.0. The van der Waals surface area contributed by atoms with Crippen LogP contribution in [0.4, 0.5) is 0 Å². The predicted molar refractivity (Wildman–Crippen MR) is 187 cm³/mol. The van der Waals surface area contributed by atoms with E-state index in [0.29, 0.717) is 32.2 Å². The van der Waals surface area contributed by atoms with Crippen LogP contribution in [0.15, 0.2) is 85.1 Å². The van der Waals surface area contributed by atoms with Crippen molar-refractivity contribution in [3.63, 3.8) is 0 Å². The van der Waals surface area contributed by atoms with Gasteiger partial charge in [-0.25, -0.2) is 0 Å². The number of para-hydroxylation sites is 2. The van der Waals surface area contributed by atoms with Crippen LogP contribution in [0, 0.1) is 0 Å². The lowest BCUT2D eigenvalue weighted by Gasteiger charge is -2.29. The van der Waals surface area contributed by atoms with E-state index in [1.54, 1.807) is 31.3 Å². The number of carbonyl (C=O) groups is 5. The number of nitrogens with one attached hydrogen (secondary N) is 4. The van der Waals surface area contributed by atoms with Crippen LogP contribution in [0.25, 0.3) is 10.9 Å². The third kappa shape index (κ3) is 8.13. The molecule has 4 N–H and O–H groups in total. The summed E-state index contributed by atoms with van der Waals surface area (Å²) in [6.45, 7) is 0.435. The Morgan fingerprint density at radius 1 is 0.940 bits per heavy atom. The number of likely N-dealkylation sites (N-methyl/N-ethyl adjacent to an activating group) is 1. The van der Waals surface area contributed by atoms with Crippen LogP contribution in [0.2, 0.25) is 0 Å². The minimum atomic E-state index is -1.22. The van der Waals surface area contributed by atoms with Gasteiger partial charge in [0.25, 0.3) is 5.91 Å². The monoisotopic (exact) mass is 678 g/mol. The second-order valence-corrected chi connectivity index (χ2v) is 12.8. The number of amides is 5. The number of H-pyrrole nitrogens is 1. The van der Waals surface area contributed by atoms with Gasteiger partial charge in [0.2, 0.25) is 23.6 Å². The molecular formula is C38H42N6O6. The zero-order valence-corrected chi connectivity index (χ0v) is 28.0. The summed E-state index contributed by atoms with van der Waals surface area (Å²) in [5, 5.41) is 9.72. The van der Waals surface area contributed by atoms with E-state index in [1.807, 2.05) is 60.8 Å². The number of aromatic nitrogens is 1. The molecule has 12 heteroatoms. The number of aromatic amines is 1. The molecule has 2 aliphatic rings. The van der Waals surface area contributed by atoms with E-state index in [9.17, 15) is 24.0 Å². The van der Waals surface area contributed by atoms with Crippen molar-refractivity contribution in [1.82, 2.24) is 30.7 Å². The largest absolute Gasteiger partial charge is 0.491 e. The number of nitrogens with zero attached hydrogens (tertiary/aromatic N) is 2. The molecule has 260 valence electrons. The molecule has 50 heavy (non-hydrogen) atoms. The fourth-order valence-electron chi connectivity index (χ4n) is 6.68. The maximum Gasteiger partial charge on any atom is 0.255 e. The summed E-state index contributed by atoms with van der Waals surface area (Å²) < 4.78 is 6.15. The summed E-state index contributed by atoms with van der Waals surface area (Å²) in [6, 6.07) is 21.7. The van der Waals surface area contributed by atoms with Gasteiger partial charge in [-0.2, -0.15) is 0 Å². The Morgan fingerprint density at radius 2 is 1.70 bits per heavy atom. The molecule has 0 radical (unpaired) electrons. The standard InChI is InChI=1S/C38H42N6O6/c1-43-23-34(45)41-27(20-25-10-3-2-4-11-25)24-50-33-16-8-6-13-29(33)36(47)42-31(21-35(46)44-19-9-15-32(44)38(43)49)37(48)39-18-17-26-22-40-30-14-7-5-12-28(26)30/h2-8,10-14,16,22,27,31-32,40H,9,15,17-21,23-24H2,1H3,(H,39,48)(H,41,45)(H,42,47)/t27-,31+,32+/m1/s1. The van der Waals surface area contributed by atoms with Gasteiger partial charge in [-0.3, -0.25) is 24.0 Å². The minimum Gasteiger partial charge on any atom is -0.491 e. The number of hydrogen-bond donors (Lipinski definition) is 4. The minimum absolute atomic E-state index is 0.0369. The van der Waals surface area contributed by atoms with Gasteiger partial charge in [0.15, 0.2) is 0 Å². The van der Waals surface area contributed by atoms with Gasteiger partial charge in [-0.1, -0.05) is 60.7 Å². The average Bonchev–Trinajstić information content (AvgIpc) is 3.78. The average molecular weight is 679 g/mol. The quantitative estimate of drug-likeness (QED) is 0.246. The first kappa shape index (κ1) is 34.2. The highest BCUT2D eigenvalue weighted by Gasteiger charge is 2.38.